The van der Waals surface area contributed by atoms with E-state index in [2.05, 4.69) is 15.3 Å². The minimum Gasteiger partial charge on any atom is -0.460 e. The SMILES string of the molecule is C/C=C(/C)OC(=O)N[C@H]1CC[C@H](Oc2nc(Cl)cc(Cl)n2)CC1. The van der Waals surface area contributed by atoms with Crippen molar-refractivity contribution in [3.8, 4) is 6.01 Å². The van der Waals surface area contributed by atoms with Crippen molar-refractivity contribution >= 4 is 29.3 Å². The third-order valence-corrected chi connectivity index (χ3v) is 3.96. The van der Waals surface area contributed by atoms with Crippen molar-refractivity contribution in [1.29, 1.82) is 0 Å². The van der Waals surface area contributed by atoms with Crippen LogP contribution >= 0.6 is 23.2 Å². The van der Waals surface area contributed by atoms with E-state index < -0.39 is 6.09 Å². The van der Waals surface area contributed by atoms with Gasteiger partial charge in [0.2, 0.25) is 0 Å². The van der Waals surface area contributed by atoms with Crippen LogP contribution in [0.2, 0.25) is 10.3 Å². The molecule has 1 N–H and O–H groups in total. The van der Waals surface area contributed by atoms with Crippen LogP contribution < -0.4 is 10.1 Å². The van der Waals surface area contributed by atoms with Crippen LogP contribution in [0.1, 0.15) is 39.5 Å². The van der Waals surface area contributed by atoms with Gasteiger partial charge >= 0.3 is 12.1 Å². The van der Waals surface area contributed by atoms with E-state index in [0.717, 1.165) is 25.7 Å². The molecule has 0 atom stereocenters. The highest BCUT2D eigenvalue weighted by Gasteiger charge is 2.25. The fourth-order valence-corrected chi connectivity index (χ4v) is 2.71. The van der Waals surface area contributed by atoms with Crippen molar-refractivity contribution < 1.29 is 14.3 Å². The first kappa shape index (κ1) is 17.8. The molecule has 0 spiro atoms. The molecule has 0 aliphatic heterocycles. The number of carbonyl (C=O) groups is 1. The minimum absolute atomic E-state index is 0.0177. The fraction of sp³-hybridized carbons (Fsp3) is 0.533. The van der Waals surface area contributed by atoms with Gasteiger partial charge in [-0.25, -0.2) is 4.79 Å². The molecule has 1 aromatic heterocycles. The summed E-state index contributed by atoms with van der Waals surface area (Å²) >= 11 is 11.6. The molecule has 6 nitrogen and oxygen atoms in total. The van der Waals surface area contributed by atoms with E-state index in [9.17, 15) is 4.79 Å². The average Bonchev–Trinajstić information content (AvgIpc) is 2.48. The largest absolute Gasteiger partial charge is 0.460 e. The summed E-state index contributed by atoms with van der Waals surface area (Å²) in [6, 6.07) is 1.72. The summed E-state index contributed by atoms with van der Waals surface area (Å²) in [5, 5.41) is 3.35. The molecule has 1 aliphatic carbocycles. The van der Waals surface area contributed by atoms with Gasteiger partial charge in [0.1, 0.15) is 22.2 Å². The number of allylic oxidation sites excluding steroid dienone is 2. The van der Waals surface area contributed by atoms with Gasteiger partial charge in [0.25, 0.3) is 0 Å². The summed E-state index contributed by atoms with van der Waals surface area (Å²) in [6.07, 6.45) is 4.44. The highest BCUT2D eigenvalue weighted by molar-refractivity contribution is 6.33. The topological polar surface area (TPSA) is 73.3 Å². The minimum atomic E-state index is -0.421. The van der Waals surface area contributed by atoms with E-state index in [0.29, 0.717) is 5.76 Å². The second-order valence-corrected chi connectivity index (χ2v) is 6.10. The highest BCUT2D eigenvalue weighted by Crippen LogP contribution is 2.24. The van der Waals surface area contributed by atoms with Gasteiger partial charge in [0, 0.05) is 12.1 Å². The van der Waals surface area contributed by atoms with E-state index >= 15 is 0 Å². The predicted octanol–water partition coefficient (Wildman–Crippen LogP) is 4.12. The lowest BCUT2D eigenvalue weighted by molar-refractivity contribution is 0.122. The first-order valence-electron chi connectivity index (χ1n) is 7.44. The number of nitrogens with one attached hydrogen (secondary N) is 1. The number of carbonyl (C=O) groups excluding carboxylic acids is 1. The molecule has 0 bridgehead atoms. The van der Waals surface area contributed by atoms with Crippen molar-refractivity contribution in [3.05, 3.63) is 28.2 Å². The molecule has 1 saturated carbocycles. The van der Waals surface area contributed by atoms with Gasteiger partial charge in [-0.05, 0) is 45.6 Å². The number of rotatable bonds is 4. The van der Waals surface area contributed by atoms with Gasteiger partial charge in [0.15, 0.2) is 0 Å². The summed E-state index contributed by atoms with van der Waals surface area (Å²) in [5.74, 6) is 0.578. The Morgan fingerprint density at radius 2 is 1.87 bits per heavy atom. The molecule has 0 unspecified atom stereocenters. The van der Waals surface area contributed by atoms with E-state index in [1.807, 2.05) is 6.92 Å². The number of aromatic nitrogens is 2. The van der Waals surface area contributed by atoms with Gasteiger partial charge in [-0.3, -0.25) is 0 Å². The number of alkyl carbamates (subject to hydrolysis) is 1. The number of hydrogen-bond donors (Lipinski definition) is 1. The molecule has 0 saturated heterocycles. The first-order chi connectivity index (χ1) is 11.0. The summed E-state index contributed by atoms with van der Waals surface area (Å²) in [6.45, 7) is 3.55. The zero-order valence-corrected chi connectivity index (χ0v) is 14.5. The molecule has 1 aliphatic rings. The molecule has 1 aromatic rings. The number of hydrogen-bond acceptors (Lipinski definition) is 5. The number of ether oxygens (including phenoxy) is 2. The van der Waals surface area contributed by atoms with Gasteiger partial charge in [-0.1, -0.05) is 23.2 Å². The second-order valence-electron chi connectivity index (χ2n) is 5.32. The van der Waals surface area contributed by atoms with E-state index in [-0.39, 0.29) is 28.5 Å². The van der Waals surface area contributed by atoms with Crippen LogP contribution in [0.3, 0.4) is 0 Å². The summed E-state index contributed by atoms with van der Waals surface area (Å²) in [5.41, 5.74) is 0. The molecule has 2 rings (SSSR count). The Labute approximate surface area is 145 Å². The molecule has 0 radical (unpaired) electrons. The lowest BCUT2D eigenvalue weighted by Gasteiger charge is -2.28. The zero-order chi connectivity index (χ0) is 16.8. The van der Waals surface area contributed by atoms with Gasteiger partial charge in [0.05, 0.1) is 0 Å². The van der Waals surface area contributed by atoms with Crippen LogP contribution in [0, 0.1) is 0 Å². The Hall–Kier alpha value is -1.53. The maximum atomic E-state index is 11.7. The molecule has 1 fully saturated rings. The normalized spacial score (nSPS) is 21.7. The Morgan fingerprint density at radius 1 is 1.26 bits per heavy atom. The Bertz CT molecular complexity index is 567. The molecule has 1 amide bonds. The Kier molecular flexibility index (Phi) is 6.47. The third kappa shape index (κ3) is 5.88. The summed E-state index contributed by atoms with van der Waals surface area (Å²) < 4.78 is 10.8. The maximum absolute atomic E-state index is 11.7. The molecule has 126 valence electrons. The van der Waals surface area contributed by atoms with E-state index in [1.165, 1.54) is 6.07 Å². The quantitative estimate of drug-likeness (QED) is 0.646. The van der Waals surface area contributed by atoms with Crippen molar-refractivity contribution in [1.82, 2.24) is 15.3 Å². The fourth-order valence-electron chi connectivity index (χ4n) is 2.30. The van der Waals surface area contributed by atoms with Gasteiger partial charge in [-0.15, -0.1) is 0 Å². The number of halogens is 2. The van der Waals surface area contributed by atoms with Crippen LogP contribution in [0.4, 0.5) is 4.79 Å². The zero-order valence-electron chi connectivity index (χ0n) is 13.0. The maximum Gasteiger partial charge on any atom is 0.412 e. The van der Waals surface area contributed by atoms with Crippen LogP contribution in [0.25, 0.3) is 0 Å². The number of nitrogens with zero attached hydrogens (tertiary/aromatic N) is 2. The standard InChI is InChI=1S/C15H19Cl2N3O3/c1-3-9(2)22-15(21)18-10-4-6-11(7-5-10)23-14-19-12(16)8-13(17)20-14/h3,8,10-11H,4-7H2,1-2H3,(H,18,21)/b9-3-/t10-,11-. The van der Waals surface area contributed by atoms with E-state index in [4.69, 9.17) is 32.7 Å². The smallest absolute Gasteiger partial charge is 0.412 e. The monoisotopic (exact) mass is 359 g/mol. The second kappa shape index (κ2) is 8.36. The van der Waals surface area contributed by atoms with Crippen molar-refractivity contribution in [2.75, 3.05) is 0 Å². The molecule has 23 heavy (non-hydrogen) atoms. The van der Waals surface area contributed by atoms with Gasteiger partial charge in [-0.2, -0.15) is 9.97 Å². The first-order valence-corrected chi connectivity index (χ1v) is 8.20. The van der Waals surface area contributed by atoms with Crippen LogP contribution in [-0.4, -0.2) is 28.2 Å². The summed E-state index contributed by atoms with van der Waals surface area (Å²) in [4.78, 5) is 19.7. The molecular formula is C15H19Cl2N3O3. The van der Waals surface area contributed by atoms with Gasteiger partial charge < -0.3 is 14.8 Å². The summed E-state index contributed by atoms with van der Waals surface area (Å²) in [7, 11) is 0. The average molecular weight is 360 g/mol. The van der Waals surface area contributed by atoms with Crippen molar-refractivity contribution in [3.63, 3.8) is 0 Å². The Balaban J connectivity index is 1.78. The lowest BCUT2D eigenvalue weighted by atomic mass is 9.93. The van der Waals surface area contributed by atoms with Crippen LogP contribution in [-0.2, 0) is 4.74 Å². The molecule has 0 aromatic carbocycles. The molecule has 8 heteroatoms. The Morgan fingerprint density at radius 3 is 2.43 bits per heavy atom. The van der Waals surface area contributed by atoms with Crippen LogP contribution in [0.5, 0.6) is 6.01 Å². The highest BCUT2D eigenvalue weighted by atomic mass is 35.5. The van der Waals surface area contributed by atoms with Crippen molar-refractivity contribution in [2.24, 2.45) is 0 Å². The number of amides is 1. The lowest BCUT2D eigenvalue weighted by Crippen LogP contribution is -2.39. The molecule has 1 heterocycles. The van der Waals surface area contributed by atoms with Crippen molar-refractivity contribution in [2.45, 2.75) is 51.7 Å². The predicted molar refractivity (Wildman–Crippen MR) is 87.8 cm³/mol. The van der Waals surface area contributed by atoms with E-state index in [1.54, 1.807) is 13.0 Å². The van der Waals surface area contributed by atoms with Crippen LogP contribution in [0.15, 0.2) is 17.9 Å². The molecular weight excluding hydrogens is 341 g/mol. The third-order valence-electron chi connectivity index (χ3n) is 3.57.